The van der Waals surface area contributed by atoms with Gasteiger partial charge in [-0.15, -0.1) is 0 Å². The van der Waals surface area contributed by atoms with Crippen LogP contribution in [0.5, 0.6) is 0 Å². The molecule has 1 atom stereocenters. The number of hydrogen-bond acceptors (Lipinski definition) is 4. The van der Waals surface area contributed by atoms with E-state index in [-0.39, 0.29) is 6.42 Å². The Morgan fingerprint density at radius 3 is 2.00 bits per heavy atom. The normalized spacial score (nSPS) is 11.8. The van der Waals surface area contributed by atoms with Crippen LogP contribution in [0.4, 0.5) is 0 Å². The molecule has 0 fully saturated rings. The van der Waals surface area contributed by atoms with E-state index in [0.717, 1.165) is 0 Å². The molecule has 0 heterocycles. The van der Waals surface area contributed by atoms with E-state index in [1.807, 2.05) is 0 Å². The van der Waals surface area contributed by atoms with Crippen LogP contribution >= 0.6 is 0 Å². The molecule has 1 unspecified atom stereocenters. The first-order valence-corrected chi connectivity index (χ1v) is 4.91. The van der Waals surface area contributed by atoms with E-state index in [1.54, 1.807) is 6.92 Å². The van der Waals surface area contributed by atoms with E-state index in [0.29, 0.717) is 6.42 Å². The first-order chi connectivity index (χ1) is 6.41. The molecule has 2 N–H and O–H groups in total. The average Bonchev–Trinajstić information content (AvgIpc) is 2.01. The summed E-state index contributed by atoms with van der Waals surface area (Å²) in [6, 6.07) is 0. The van der Waals surface area contributed by atoms with Crippen LogP contribution in [0.3, 0.4) is 0 Å². The molecule has 0 aliphatic rings. The molecule has 0 amide bonds. The van der Waals surface area contributed by atoms with Gasteiger partial charge in [0.25, 0.3) is 0 Å². The Bertz CT molecular complexity index is 358. The second-order valence-electron chi connectivity index (χ2n) is 2.58. The highest BCUT2D eigenvalue weighted by atomic mass is 32.2. The van der Waals surface area contributed by atoms with Gasteiger partial charge in [-0.3, -0.25) is 4.79 Å². The summed E-state index contributed by atoms with van der Waals surface area (Å²) in [7, 11) is -3.00. The van der Waals surface area contributed by atoms with Crippen molar-refractivity contribution < 1.29 is 28.2 Å². The Morgan fingerprint density at radius 2 is 1.79 bits per heavy atom. The zero-order valence-corrected chi connectivity index (χ0v) is 8.24. The smallest absolute Gasteiger partial charge is 0.348 e. The third-order valence-electron chi connectivity index (χ3n) is 1.58. The van der Waals surface area contributed by atoms with Crippen molar-refractivity contribution in [2.75, 3.05) is 0 Å². The predicted octanol–water partition coefficient (Wildman–Crippen LogP) is -0.377. The minimum absolute atomic E-state index is 0.00898. The molecule has 0 aromatic rings. The van der Waals surface area contributed by atoms with Crippen LogP contribution in [-0.4, -0.2) is 35.4 Å². The van der Waals surface area contributed by atoms with Crippen LogP contribution in [0, 0.1) is 5.92 Å². The lowest BCUT2D eigenvalue weighted by atomic mass is 10.0. The third kappa shape index (κ3) is 3.17. The van der Waals surface area contributed by atoms with Gasteiger partial charge in [0.2, 0.25) is 10.3 Å². The molecule has 0 aromatic carbocycles. The molecule has 7 heteroatoms. The predicted molar refractivity (Wildman–Crippen MR) is 47.6 cm³/mol. The number of carboxylic acids is 2. The quantitative estimate of drug-likeness (QED) is 0.614. The van der Waals surface area contributed by atoms with Crippen LogP contribution in [0.1, 0.15) is 19.8 Å². The lowest BCUT2D eigenvalue weighted by Crippen LogP contribution is -2.30. The van der Waals surface area contributed by atoms with Gasteiger partial charge in [-0.25, -0.2) is 4.79 Å². The molecule has 0 saturated carbocycles. The van der Waals surface area contributed by atoms with E-state index in [9.17, 15) is 18.0 Å². The standard InChI is InChI=1S/C7H10O6S/c1-2-3-4(6(8)9)5(7(10)11)14(12)13/h4H,2-3H2,1H3,(H,8,9)(H,10,11). The van der Waals surface area contributed by atoms with Crippen molar-refractivity contribution in [1.82, 2.24) is 0 Å². The van der Waals surface area contributed by atoms with E-state index >= 15 is 0 Å². The number of carbonyl (C=O) groups is 2. The van der Waals surface area contributed by atoms with Crippen LogP contribution in [0.15, 0.2) is 0 Å². The number of aliphatic carboxylic acids is 2. The summed E-state index contributed by atoms with van der Waals surface area (Å²) in [5.41, 5.74) is 0. The number of rotatable bonds is 5. The Hall–Kier alpha value is -1.37. The lowest BCUT2D eigenvalue weighted by Gasteiger charge is -2.07. The first-order valence-electron chi connectivity index (χ1n) is 3.84. The maximum absolute atomic E-state index is 10.6. The summed E-state index contributed by atoms with van der Waals surface area (Å²) in [4.78, 5) is 20.1. The van der Waals surface area contributed by atoms with Gasteiger partial charge >= 0.3 is 11.9 Å². The summed E-state index contributed by atoms with van der Waals surface area (Å²) in [5.74, 6) is -4.61. The van der Waals surface area contributed by atoms with Crippen molar-refractivity contribution >= 4 is 27.1 Å². The van der Waals surface area contributed by atoms with Crippen molar-refractivity contribution in [2.24, 2.45) is 5.92 Å². The molecule has 0 aliphatic heterocycles. The number of carboxylic acid groups (broad SMARTS) is 2. The Labute approximate surface area is 81.7 Å². The first kappa shape index (κ1) is 12.6. The molecule has 80 valence electrons. The van der Waals surface area contributed by atoms with Gasteiger partial charge in [-0.2, -0.15) is 8.42 Å². The molecular formula is C7H10O6S. The SMILES string of the molecule is CCCC(C(=O)O)C(C(=O)O)=S(=O)=O. The Balaban J connectivity index is 5.27. The summed E-state index contributed by atoms with van der Waals surface area (Å²) in [6.45, 7) is 1.64. The van der Waals surface area contributed by atoms with Crippen molar-refractivity contribution in [3.63, 3.8) is 0 Å². The molecule has 0 spiro atoms. The van der Waals surface area contributed by atoms with Gasteiger partial charge in [0.05, 0.1) is 0 Å². The summed E-state index contributed by atoms with van der Waals surface area (Å²) in [5, 5.41) is 17.1. The molecule has 0 bridgehead atoms. The van der Waals surface area contributed by atoms with Crippen LogP contribution in [-0.2, 0) is 19.9 Å². The maximum Gasteiger partial charge on any atom is 0.348 e. The minimum Gasteiger partial charge on any atom is -0.481 e. The minimum atomic E-state index is -3.00. The van der Waals surface area contributed by atoms with Crippen LogP contribution in [0.2, 0.25) is 0 Å². The Morgan fingerprint density at radius 1 is 1.29 bits per heavy atom. The van der Waals surface area contributed by atoms with Gasteiger partial charge in [0, 0.05) is 0 Å². The summed E-state index contributed by atoms with van der Waals surface area (Å²) < 4.78 is 21.0. The Kier molecular flexibility index (Phi) is 4.85. The van der Waals surface area contributed by atoms with Gasteiger partial charge in [0.1, 0.15) is 5.92 Å². The lowest BCUT2D eigenvalue weighted by molar-refractivity contribution is -0.141. The fourth-order valence-corrected chi connectivity index (χ4v) is 1.59. The maximum atomic E-state index is 10.6. The van der Waals surface area contributed by atoms with Gasteiger partial charge < -0.3 is 10.2 Å². The summed E-state index contributed by atoms with van der Waals surface area (Å²) in [6.07, 6.45) is 0.385. The molecule has 0 rings (SSSR count). The van der Waals surface area contributed by atoms with E-state index in [2.05, 4.69) is 0 Å². The molecule has 0 aromatic heterocycles. The van der Waals surface area contributed by atoms with Gasteiger partial charge in [-0.05, 0) is 6.42 Å². The second-order valence-corrected chi connectivity index (χ2v) is 3.49. The molecular weight excluding hydrogens is 212 g/mol. The highest BCUT2D eigenvalue weighted by Crippen LogP contribution is 2.08. The highest BCUT2D eigenvalue weighted by Gasteiger charge is 2.29. The fourth-order valence-electron chi connectivity index (χ4n) is 0.992. The van der Waals surface area contributed by atoms with Gasteiger partial charge in [0.15, 0.2) is 4.86 Å². The molecule has 14 heavy (non-hydrogen) atoms. The van der Waals surface area contributed by atoms with Crippen LogP contribution < -0.4 is 0 Å². The topological polar surface area (TPSA) is 109 Å². The van der Waals surface area contributed by atoms with E-state index in [4.69, 9.17) is 10.2 Å². The van der Waals surface area contributed by atoms with Crippen molar-refractivity contribution in [3.05, 3.63) is 0 Å². The fraction of sp³-hybridized carbons (Fsp3) is 0.571. The highest BCUT2D eigenvalue weighted by molar-refractivity contribution is 7.74. The van der Waals surface area contributed by atoms with E-state index < -0.39 is 33.0 Å². The second kappa shape index (κ2) is 5.38. The number of hydrogen-bond donors (Lipinski definition) is 2. The third-order valence-corrected chi connectivity index (χ3v) is 2.40. The molecule has 0 radical (unpaired) electrons. The largest absolute Gasteiger partial charge is 0.481 e. The molecule has 0 saturated heterocycles. The van der Waals surface area contributed by atoms with Gasteiger partial charge in [-0.1, -0.05) is 13.3 Å². The monoisotopic (exact) mass is 222 g/mol. The summed E-state index contributed by atoms with van der Waals surface area (Å²) >= 11 is 0. The zero-order valence-electron chi connectivity index (χ0n) is 7.43. The zero-order chi connectivity index (χ0) is 11.3. The van der Waals surface area contributed by atoms with Crippen molar-refractivity contribution in [1.29, 1.82) is 0 Å². The van der Waals surface area contributed by atoms with Crippen molar-refractivity contribution in [2.45, 2.75) is 19.8 Å². The average molecular weight is 222 g/mol. The van der Waals surface area contributed by atoms with E-state index in [1.165, 1.54) is 0 Å². The van der Waals surface area contributed by atoms with Crippen LogP contribution in [0.25, 0.3) is 0 Å². The molecule has 0 aliphatic carbocycles. The molecule has 6 nitrogen and oxygen atoms in total. The van der Waals surface area contributed by atoms with Crippen molar-refractivity contribution in [3.8, 4) is 0 Å².